The van der Waals surface area contributed by atoms with Gasteiger partial charge in [0.1, 0.15) is 0 Å². The molecule has 0 bridgehead atoms. The number of aliphatic hydroxyl groups is 1. The first kappa shape index (κ1) is 17.9. The van der Waals surface area contributed by atoms with E-state index in [0.29, 0.717) is 6.54 Å². The van der Waals surface area contributed by atoms with Crippen LogP contribution >= 0.6 is 0 Å². The number of aliphatic hydroxyl groups excluding tert-OH is 1. The number of aryl methyl sites for hydroxylation is 2. The molecule has 5 heteroatoms. The minimum Gasteiger partial charge on any atom is -0.395 e. The molecule has 1 saturated heterocycles. The average Bonchev–Trinajstić information content (AvgIpc) is 2.54. The zero-order valence-electron chi connectivity index (χ0n) is 14.3. The van der Waals surface area contributed by atoms with E-state index in [1.165, 1.54) is 18.4 Å². The minimum absolute atomic E-state index is 0.0192. The number of amides is 1. The maximum atomic E-state index is 12.0. The molecule has 0 saturated carbocycles. The molecule has 5 nitrogen and oxygen atoms in total. The van der Waals surface area contributed by atoms with Crippen LogP contribution in [0.4, 0.5) is 5.69 Å². The van der Waals surface area contributed by atoms with Crippen LogP contribution in [0.15, 0.2) is 18.2 Å². The highest BCUT2D eigenvalue weighted by atomic mass is 16.3. The number of carbonyl (C=O) groups is 1. The Hall–Kier alpha value is -1.43. The summed E-state index contributed by atoms with van der Waals surface area (Å²) in [5.41, 5.74) is 3.15. The fourth-order valence-corrected chi connectivity index (χ4v) is 3.13. The highest BCUT2D eigenvalue weighted by Crippen LogP contribution is 2.16. The predicted octanol–water partition coefficient (Wildman–Crippen LogP) is 1.68. The smallest absolute Gasteiger partial charge is 0.238 e. The number of hydrogen-bond donors (Lipinski definition) is 3. The van der Waals surface area contributed by atoms with Gasteiger partial charge in [-0.1, -0.05) is 24.1 Å². The summed E-state index contributed by atoms with van der Waals surface area (Å²) in [6.45, 7) is 7.26. The molecule has 0 spiro atoms. The Kier molecular flexibility index (Phi) is 7.02. The summed E-state index contributed by atoms with van der Waals surface area (Å²) in [4.78, 5) is 14.3. The van der Waals surface area contributed by atoms with Crippen molar-refractivity contribution in [3.63, 3.8) is 0 Å². The molecule has 0 aromatic heterocycles. The summed E-state index contributed by atoms with van der Waals surface area (Å²) in [5.74, 6) is -0.0192. The molecule has 0 unspecified atom stereocenters. The van der Waals surface area contributed by atoms with Crippen LogP contribution in [0.3, 0.4) is 0 Å². The molecule has 0 radical (unpaired) electrons. The fraction of sp³-hybridized carbons (Fsp3) is 0.611. The molecular weight excluding hydrogens is 290 g/mol. The van der Waals surface area contributed by atoms with E-state index in [1.807, 2.05) is 26.0 Å². The van der Waals surface area contributed by atoms with E-state index in [9.17, 15) is 9.90 Å². The molecule has 1 amide bonds. The number of hydrogen-bond acceptors (Lipinski definition) is 4. The van der Waals surface area contributed by atoms with Gasteiger partial charge in [0.15, 0.2) is 0 Å². The monoisotopic (exact) mass is 319 g/mol. The van der Waals surface area contributed by atoms with E-state index in [0.717, 1.165) is 37.3 Å². The number of piperidine rings is 1. The first-order chi connectivity index (χ1) is 11.1. The van der Waals surface area contributed by atoms with Gasteiger partial charge in [-0.2, -0.15) is 0 Å². The summed E-state index contributed by atoms with van der Waals surface area (Å²) in [7, 11) is 0. The first-order valence-corrected chi connectivity index (χ1v) is 8.53. The lowest BCUT2D eigenvalue weighted by Gasteiger charge is -2.34. The molecule has 23 heavy (non-hydrogen) atoms. The Morgan fingerprint density at radius 2 is 2.17 bits per heavy atom. The van der Waals surface area contributed by atoms with Crippen LogP contribution in [-0.4, -0.2) is 54.7 Å². The van der Waals surface area contributed by atoms with Gasteiger partial charge in [-0.15, -0.1) is 0 Å². The Morgan fingerprint density at radius 1 is 1.35 bits per heavy atom. The van der Waals surface area contributed by atoms with Gasteiger partial charge in [-0.3, -0.25) is 9.69 Å². The largest absolute Gasteiger partial charge is 0.395 e. The van der Waals surface area contributed by atoms with Crippen molar-refractivity contribution in [3.8, 4) is 0 Å². The normalized spacial score (nSPS) is 18.8. The van der Waals surface area contributed by atoms with Crippen molar-refractivity contribution >= 4 is 11.6 Å². The number of nitrogens with one attached hydrogen (secondary N) is 2. The summed E-state index contributed by atoms with van der Waals surface area (Å²) in [6.07, 6.45) is 3.47. The van der Waals surface area contributed by atoms with Gasteiger partial charge >= 0.3 is 0 Å². The lowest BCUT2D eigenvalue weighted by Crippen LogP contribution is -2.45. The van der Waals surface area contributed by atoms with Crippen molar-refractivity contribution in [2.75, 3.05) is 38.1 Å². The van der Waals surface area contributed by atoms with Crippen molar-refractivity contribution in [3.05, 3.63) is 29.3 Å². The van der Waals surface area contributed by atoms with Gasteiger partial charge in [0.2, 0.25) is 5.91 Å². The molecule has 1 heterocycles. The van der Waals surface area contributed by atoms with E-state index in [1.54, 1.807) is 0 Å². The maximum absolute atomic E-state index is 12.0. The molecule has 1 aromatic carbocycles. The maximum Gasteiger partial charge on any atom is 0.238 e. The lowest BCUT2D eigenvalue weighted by molar-refractivity contribution is -0.115. The molecule has 1 atom stereocenters. The molecule has 1 fully saturated rings. The van der Waals surface area contributed by atoms with Crippen LogP contribution in [0.1, 0.15) is 30.4 Å². The van der Waals surface area contributed by atoms with Gasteiger partial charge in [0.25, 0.3) is 0 Å². The van der Waals surface area contributed by atoms with Gasteiger partial charge < -0.3 is 15.7 Å². The fourth-order valence-electron chi connectivity index (χ4n) is 3.13. The van der Waals surface area contributed by atoms with E-state index in [2.05, 4.69) is 21.6 Å². The Morgan fingerprint density at radius 3 is 2.91 bits per heavy atom. The number of rotatable bonds is 7. The molecule has 1 aliphatic heterocycles. The summed E-state index contributed by atoms with van der Waals surface area (Å²) in [6, 6.07) is 6.30. The zero-order chi connectivity index (χ0) is 16.7. The van der Waals surface area contributed by atoms with Crippen molar-refractivity contribution < 1.29 is 9.90 Å². The summed E-state index contributed by atoms with van der Waals surface area (Å²) >= 11 is 0. The van der Waals surface area contributed by atoms with Gasteiger partial charge in [0.05, 0.1) is 13.2 Å². The predicted molar refractivity (Wildman–Crippen MR) is 93.7 cm³/mol. The molecule has 1 aliphatic rings. The van der Waals surface area contributed by atoms with Crippen molar-refractivity contribution in [1.82, 2.24) is 10.2 Å². The molecule has 2 rings (SSSR count). The molecule has 3 N–H and O–H groups in total. The second-order valence-corrected chi connectivity index (χ2v) is 6.41. The molecule has 1 aromatic rings. The Labute approximate surface area is 139 Å². The number of likely N-dealkylation sites (tertiary alicyclic amines) is 1. The second kappa shape index (κ2) is 9.01. The van der Waals surface area contributed by atoms with E-state index in [4.69, 9.17) is 0 Å². The highest BCUT2D eigenvalue weighted by Gasteiger charge is 2.20. The van der Waals surface area contributed by atoms with Crippen LogP contribution in [0.25, 0.3) is 0 Å². The average molecular weight is 319 g/mol. The van der Waals surface area contributed by atoms with E-state index >= 15 is 0 Å². The highest BCUT2D eigenvalue weighted by molar-refractivity contribution is 5.92. The van der Waals surface area contributed by atoms with Crippen molar-refractivity contribution in [2.24, 2.45) is 0 Å². The van der Waals surface area contributed by atoms with E-state index in [-0.39, 0.29) is 18.6 Å². The zero-order valence-corrected chi connectivity index (χ0v) is 14.3. The van der Waals surface area contributed by atoms with Crippen LogP contribution in [0, 0.1) is 13.8 Å². The van der Waals surface area contributed by atoms with Crippen LogP contribution in [0.2, 0.25) is 0 Å². The third kappa shape index (κ3) is 5.61. The van der Waals surface area contributed by atoms with Crippen molar-refractivity contribution in [1.29, 1.82) is 0 Å². The van der Waals surface area contributed by atoms with Gasteiger partial charge in [-0.05, 0) is 44.9 Å². The summed E-state index contributed by atoms with van der Waals surface area (Å²) in [5, 5.41) is 15.5. The minimum atomic E-state index is -0.0192. The van der Waals surface area contributed by atoms with Crippen LogP contribution in [-0.2, 0) is 4.79 Å². The van der Waals surface area contributed by atoms with Gasteiger partial charge in [0, 0.05) is 24.8 Å². The molecule has 128 valence electrons. The Bertz CT molecular complexity index is 519. The van der Waals surface area contributed by atoms with E-state index < -0.39 is 0 Å². The van der Waals surface area contributed by atoms with Crippen LogP contribution < -0.4 is 10.6 Å². The lowest BCUT2D eigenvalue weighted by atomic mass is 10.0. The molecule has 0 aliphatic carbocycles. The Balaban J connectivity index is 1.68. The number of carbonyl (C=O) groups excluding carboxylic acids is 1. The first-order valence-electron chi connectivity index (χ1n) is 8.53. The number of nitrogens with zero attached hydrogens (tertiary/aromatic N) is 1. The summed E-state index contributed by atoms with van der Waals surface area (Å²) < 4.78 is 0. The number of benzene rings is 1. The number of anilines is 1. The quantitative estimate of drug-likeness (QED) is 0.669. The third-order valence-corrected chi connectivity index (χ3v) is 4.48. The molecular formula is C18H29N3O2. The second-order valence-electron chi connectivity index (χ2n) is 6.41. The standard InChI is InChI=1S/C18H29N3O2/c1-14-6-7-17(15(2)11-14)20-18(23)12-19-8-10-21-9-4-3-5-16(21)13-22/h6-7,11,16,19,22H,3-5,8-10,12-13H2,1-2H3,(H,20,23)/t16-/m1/s1. The van der Waals surface area contributed by atoms with Crippen LogP contribution in [0.5, 0.6) is 0 Å². The SMILES string of the molecule is Cc1ccc(NC(=O)CNCCN2CCCC[C@@H]2CO)c(C)c1. The van der Waals surface area contributed by atoms with Gasteiger partial charge in [-0.25, -0.2) is 0 Å². The van der Waals surface area contributed by atoms with Crippen molar-refractivity contribution in [2.45, 2.75) is 39.2 Å². The topological polar surface area (TPSA) is 64.6 Å². The third-order valence-electron chi connectivity index (χ3n) is 4.48.